The first-order valence-electron chi connectivity index (χ1n) is 5.15. The zero-order valence-corrected chi connectivity index (χ0v) is 9.91. The maximum absolute atomic E-state index is 11.4. The summed E-state index contributed by atoms with van der Waals surface area (Å²) in [5, 5.41) is 8.78. The highest BCUT2D eigenvalue weighted by molar-refractivity contribution is 5.93. The third-order valence-corrected chi connectivity index (χ3v) is 1.69. The van der Waals surface area contributed by atoms with Crippen molar-refractivity contribution in [3.63, 3.8) is 0 Å². The second kappa shape index (κ2) is 8.74. The molecule has 5 heteroatoms. The molecule has 0 aromatic heterocycles. The van der Waals surface area contributed by atoms with E-state index in [1.165, 1.54) is 0 Å². The van der Waals surface area contributed by atoms with Crippen molar-refractivity contribution in [2.45, 2.75) is 20.8 Å². The van der Waals surface area contributed by atoms with Gasteiger partial charge in [0.2, 0.25) is 0 Å². The number of allylic oxidation sites excluding steroid dienone is 1. The molecule has 0 saturated carbocycles. The maximum Gasteiger partial charge on any atom is 0.352 e. The molecule has 0 spiro atoms. The minimum Gasteiger partial charge on any atom is -0.497 e. The summed E-state index contributed by atoms with van der Waals surface area (Å²) in [5.74, 6) is -0.389. The van der Waals surface area contributed by atoms with E-state index < -0.39 is 5.97 Å². The predicted octanol–water partition coefficient (Wildman–Crippen LogP) is 1.40. The van der Waals surface area contributed by atoms with Crippen LogP contribution in [-0.4, -0.2) is 32.4 Å². The number of esters is 1. The molecule has 0 N–H and O–H groups in total. The summed E-state index contributed by atoms with van der Waals surface area (Å²) in [5.41, 5.74) is -0.0988. The molecule has 0 saturated heterocycles. The summed E-state index contributed by atoms with van der Waals surface area (Å²) in [6.45, 7) is 6.62. The standard InChI is InChI=1S/C11H17NO4/c1-4-14-6-7-16-11(13)10(8-12)9(3)15-5-2/h4-7H2,1-3H3. The molecular weight excluding hydrogens is 210 g/mol. The third kappa shape index (κ3) is 5.37. The first kappa shape index (κ1) is 14.5. The molecular formula is C11H17NO4. The van der Waals surface area contributed by atoms with Gasteiger partial charge >= 0.3 is 5.97 Å². The number of carbonyl (C=O) groups excluding carboxylic acids is 1. The van der Waals surface area contributed by atoms with Crippen LogP contribution in [-0.2, 0) is 19.0 Å². The van der Waals surface area contributed by atoms with Crippen molar-refractivity contribution in [2.75, 3.05) is 26.4 Å². The number of hydrogen-bond acceptors (Lipinski definition) is 5. The molecule has 0 fully saturated rings. The molecule has 0 bridgehead atoms. The molecule has 0 radical (unpaired) electrons. The van der Waals surface area contributed by atoms with Gasteiger partial charge in [-0.05, 0) is 20.8 Å². The largest absolute Gasteiger partial charge is 0.497 e. The number of carbonyl (C=O) groups is 1. The van der Waals surface area contributed by atoms with Crippen molar-refractivity contribution in [1.82, 2.24) is 0 Å². The second-order valence-corrected chi connectivity index (χ2v) is 2.81. The highest BCUT2D eigenvalue weighted by Crippen LogP contribution is 2.06. The lowest BCUT2D eigenvalue weighted by atomic mass is 10.2. The van der Waals surface area contributed by atoms with Gasteiger partial charge in [0, 0.05) is 6.61 Å². The van der Waals surface area contributed by atoms with E-state index in [0.29, 0.717) is 19.8 Å². The van der Waals surface area contributed by atoms with Gasteiger partial charge in [0.25, 0.3) is 0 Å². The quantitative estimate of drug-likeness (QED) is 0.216. The molecule has 0 heterocycles. The molecule has 0 rings (SSSR count). The Balaban J connectivity index is 4.23. The molecule has 16 heavy (non-hydrogen) atoms. The van der Waals surface area contributed by atoms with Gasteiger partial charge in [-0.15, -0.1) is 0 Å². The molecule has 0 unspecified atom stereocenters. The number of nitriles is 1. The fraction of sp³-hybridized carbons (Fsp3) is 0.636. The smallest absolute Gasteiger partial charge is 0.352 e. The second-order valence-electron chi connectivity index (χ2n) is 2.81. The fourth-order valence-electron chi connectivity index (χ4n) is 0.967. The Labute approximate surface area is 95.6 Å². The van der Waals surface area contributed by atoms with Crippen molar-refractivity contribution >= 4 is 5.97 Å². The summed E-state index contributed by atoms with van der Waals surface area (Å²) >= 11 is 0. The Morgan fingerprint density at radius 2 is 1.88 bits per heavy atom. The summed E-state index contributed by atoms with van der Waals surface area (Å²) in [7, 11) is 0. The van der Waals surface area contributed by atoms with Crippen molar-refractivity contribution in [3.05, 3.63) is 11.3 Å². The van der Waals surface area contributed by atoms with Gasteiger partial charge < -0.3 is 14.2 Å². The van der Waals surface area contributed by atoms with Gasteiger partial charge in [-0.1, -0.05) is 0 Å². The number of nitrogens with zero attached hydrogens (tertiary/aromatic N) is 1. The first-order valence-corrected chi connectivity index (χ1v) is 5.15. The van der Waals surface area contributed by atoms with E-state index in [-0.39, 0.29) is 17.9 Å². The first-order chi connectivity index (χ1) is 7.67. The lowest BCUT2D eigenvalue weighted by molar-refractivity contribution is -0.140. The zero-order chi connectivity index (χ0) is 12.4. The summed E-state index contributed by atoms with van der Waals surface area (Å²) in [6, 6.07) is 1.77. The normalized spacial score (nSPS) is 11.4. The van der Waals surface area contributed by atoms with E-state index in [0.717, 1.165) is 0 Å². The van der Waals surface area contributed by atoms with Crippen LogP contribution in [0.1, 0.15) is 20.8 Å². The summed E-state index contributed by atoms with van der Waals surface area (Å²) in [6.07, 6.45) is 0. The minimum absolute atomic E-state index is 0.0988. The highest BCUT2D eigenvalue weighted by atomic mass is 16.6. The average Bonchev–Trinajstić information content (AvgIpc) is 2.26. The van der Waals surface area contributed by atoms with Gasteiger partial charge in [-0.2, -0.15) is 5.26 Å². The Morgan fingerprint density at radius 3 is 2.38 bits per heavy atom. The van der Waals surface area contributed by atoms with Crippen LogP contribution in [0.2, 0.25) is 0 Å². The highest BCUT2D eigenvalue weighted by Gasteiger charge is 2.15. The van der Waals surface area contributed by atoms with Gasteiger partial charge in [-0.25, -0.2) is 4.79 Å². The lowest BCUT2D eigenvalue weighted by Gasteiger charge is -2.07. The van der Waals surface area contributed by atoms with Gasteiger partial charge in [-0.3, -0.25) is 0 Å². The van der Waals surface area contributed by atoms with Crippen LogP contribution >= 0.6 is 0 Å². The van der Waals surface area contributed by atoms with Gasteiger partial charge in [0.1, 0.15) is 18.4 Å². The lowest BCUT2D eigenvalue weighted by Crippen LogP contribution is -2.13. The summed E-state index contributed by atoms with van der Waals surface area (Å²) < 4.78 is 14.9. The minimum atomic E-state index is -0.673. The van der Waals surface area contributed by atoms with Crippen molar-refractivity contribution in [1.29, 1.82) is 5.26 Å². The molecule has 0 atom stereocenters. The predicted molar refractivity (Wildman–Crippen MR) is 57.4 cm³/mol. The van der Waals surface area contributed by atoms with E-state index >= 15 is 0 Å². The van der Waals surface area contributed by atoms with E-state index in [9.17, 15) is 4.79 Å². The van der Waals surface area contributed by atoms with Crippen LogP contribution in [0.5, 0.6) is 0 Å². The number of rotatable bonds is 7. The fourth-order valence-corrected chi connectivity index (χ4v) is 0.967. The van der Waals surface area contributed by atoms with Crippen LogP contribution in [0, 0.1) is 11.3 Å². The maximum atomic E-state index is 11.4. The molecule has 0 aliphatic rings. The molecule has 0 aliphatic heterocycles. The SMILES string of the molecule is CCOCCOC(=O)C(C#N)=C(C)OCC. The van der Waals surface area contributed by atoms with E-state index in [1.54, 1.807) is 19.9 Å². The van der Waals surface area contributed by atoms with Crippen LogP contribution in [0.15, 0.2) is 11.3 Å². The number of ether oxygens (including phenoxy) is 3. The van der Waals surface area contributed by atoms with Crippen LogP contribution in [0.25, 0.3) is 0 Å². The Kier molecular flexibility index (Phi) is 7.90. The molecule has 0 aromatic rings. The number of hydrogen-bond donors (Lipinski definition) is 0. The van der Waals surface area contributed by atoms with Crippen molar-refractivity contribution in [2.24, 2.45) is 0 Å². The van der Waals surface area contributed by atoms with E-state index in [2.05, 4.69) is 0 Å². The van der Waals surface area contributed by atoms with E-state index in [1.807, 2.05) is 6.92 Å². The Bertz CT molecular complexity index is 291. The summed E-state index contributed by atoms with van der Waals surface area (Å²) in [4.78, 5) is 11.4. The molecule has 90 valence electrons. The molecule has 0 amide bonds. The van der Waals surface area contributed by atoms with Crippen molar-refractivity contribution < 1.29 is 19.0 Å². The van der Waals surface area contributed by atoms with Crippen LogP contribution < -0.4 is 0 Å². The monoisotopic (exact) mass is 227 g/mol. The topological polar surface area (TPSA) is 68.5 Å². The molecule has 0 aliphatic carbocycles. The van der Waals surface area contributed by atoms with Crippen LogP contribution in [0.3, 0.4) is 0 Å². The third-order valence-electron chi connectivity index (χ3n) is 1.69. The Hall–Kier alpha value is -1.54. The molecule has 5 nitrogen and oxygen atoms in total. The molecule has 0 aromatic carbocycles. The van der Waals surface area contributed by atoms with Crippen molar-refractivity contribution in [3.8, 4) is 6.07 Å². The van der Waals surface area contributed by atoms with Gasteiger partial charge in [0.05, 0.1) is 13.2 Å². The Morgan fingerprint density at radius 1 is 1.19 bits per heavy atom. The van der Waals surface area contributed by atoms with E-state index in [4.69, 9.17) is 19.5 Å². The van der Waals surface area contributed by atoms with Crippen LogP contribution in [0.4, 0.5) is 0 Å². The van der Waals surface area contributed by atoms with Gasteiger partial charge in [0.15, 0.2) is 5.57 Å². The zero-order valence-electron chi connectivity index (χ0n) is 9.91. The average molecular weight is 227 g/mol.